The normalized spacial score (nSPS) is 21.6. The van der Waals surface area contributed by atoms with Crippen LogP contribution in [0.2, 0.25) is 0 Å². The summed E-state index contributed by atoms with van der Waals surface area (Å²) in [6, 6.07) is 0. The molecule has 0 spiro atoms. The van der Waals surface area contributed by atoms with E-state index in [4.69, 9.17) is 15.2 Å². The zero-order valence-corrected chi connectivity index (χ0v) is 10.1. The minimum Gasteiger partial charge on any atom is -0.381 e. The molecule has 1 unspecified atom stereocenters. The Morgan fingerprint density at radius 2 is 2.19 bits per heavy atom. The van der Waals surface area contributed by atoms with Crippen LogP contribution < -0.4 is 11.1 Å². The highest BCUT2D eigenvalue weighted by Crippen LogP contribution is 2.13. The van der Waals surface area contributed by atoms with Crippen LogP contribution in [0.1, 0.15) is 26.7 Å². The zero-order valence-electron chi connectivity index (χ0n) is 10.1. The van der Waals surface area contributed by atoms with Gasteiger partial charge >= 0.3 is 0 Å². The van der Waals surface area contributed by atoms with Crippen LogP contribution in [0, 0.1) is 0 Å². The van der Waals surface area contributed by atoms with Crippen LogP contribution in [-0.2, 0) is 14.3 Å². The lowest BCUT2D eigenvalue weighted by molar-refractivity contribution is -0.128. The molecule has 1 atom stereocenters. The Kier molecular flexibility index (Phi) is 5.18. The lowest BCUT2D eigenvalue weighted by atomic mass is 10.0. The second-order valence-corrected chi connectivity index (χ2v) is 4.35. The molecule has 0 aromatic rings. The molecule has 94 valence electrons. The first-order valence-corrected chi connectivity index (χ1v) is 5.83. The van der Waals surface area contributed by atoms with Crippen LogP contribution in [0.5, 0.6) is 0 Å². The van der Waals surface area contributed by atoms with Gasteiger partial charge in [0.15, 0.2) is 0 Å². The highest BCUT2D eigenvalue weighted by atomic mass is 16.5. The molecular formula is C11H22N2O3. The van der Waals surface area contributed by atoms with Crippen LogP contribution in [-0.4, -0.2) is 43.9 Å². The van der Waals surface area contributed by atoms with Gasteiger partial charge in [0.1, 0.15) is 5.54 Å². The Morgan fingerprint density at radius 1 is 1.56 bits per heavy atom. The summed E-state index contributed by atoms with van der Waals surface area (Å²) >= 11 is 0. The lowest BCUT2D eigenvalue weighted by Gasteiger charge is -2.30. The maximum Gasteiger partial charge on any atom is 0.239 e. The molecule has 1 saturated heterocycles. The monoisotopic (exact) mass is 230 g/mol. The molecule has 16 heavy (non-hydrogen) atoms. The van der Waals surface area contributed by atoms with E-state index in [2.05, 4.69) is 5.32 Å². The van der Waals surface area contributed by atoms with Gasteiger partial charge in [0.25, 0.3) is 0 Å². The number of amides is 1. The number of primary amides is 1. The smallest absolute Gasteiger partial charge is 0.239 e. The number of carbonyl (C=O) groups is 1. The molecule has 0 aliphatic carbocycles. The van der Waals surface area contributed by atoms with Gasteiger partial charge in [0.2, 0.25) is 5.91 Å². The van der Waals surface area contributed by atoms with Gasteiger partial charge in [0.05, 0.1) is 12.7 Å². The van der Waals surface area contributed by atoms with Crippen molar-refractivity contribution in [3.8, 4) is 0 Å². The quantitative estimate of drug-likeness (QED) is 0.675. The van der Waals surface area contributed by atoms with Crippen LogP contribution in [0.4, 0.5) is 0 Å². The van der Waals surface area contributed by atoms with Crippen molar-refractivity contribution in [3.05, 3.63) is 0 Å². The van der Waals surface area contributed by atoms with Crippen molar-refractivity contribution in [2.75, 3.05) is 26.4 Å². The van der Waals surface area contributed by atoms with Crippen molar-refractivity contribution in [2.45, 2.75) is 38.3 Å². The van der Waals surface area contributed by atoms with Gasteiger partial charge < -0.3 is 20.5 Å². The molecule has 0 bridgehead atoms. The summed E-state index contributed by atoms with van der Waals surface area (Å²) in [6.45, 7) is 6.20. The number of nitrogens with one attached hydrogen (secondary N) is 1. The molecule has 1 heterocycles. The molecule has 1 rings (SSSR count). The molecule has 0 saturated carbocycles. The molecule has 0 aromatic carbocycles. The summed E-state index contributed by atoms with van der Waals surface area (Å²) in [6.07, 6.45) is 1.97. The first-order chi connectivity index (χ1) is 7.58. The lowest BCUT2D eigenvalue weighted by Crippen LogP contribution is -2.56. The molecule has 1 amide bonds. The van der Waals surface area contributed by atoms with Crippen molar-refractivity contribution in [2.24, 2.45) is 5.73 Å². The highest BCUT2D eigenvalue weighted by Gasteiger charge is 2.31. The summed E-state index contributed by atoms with van der Waals surface area (Å²) in [5.41, 5.74) is 4.60. The molecule has 0 aromatic heterocycles. The zero-order chi connectivity index (χ0) is 12.0. The van der Waals surface area contributed by atoms with E-state index in [1.807, 2.05) is 6.92 Å². The van der Waals surface area contributed by atoms with E-state index < -0.39 is 5.54 Å². The number of hydrogen-bond acceptors (Lipinski definition) is 4. The molecule has 5 heteroatoms. The second kappa shape index (κ2) is 6.18. The van der Waals surface area contributed by atoms with Gasteiger partial charge in [-0.2, -0.15) is 0 Å². The molecule has 1 aliphatic heterocycles. The van der Waals surface area contributed by atoms with Gasteiger partial charge in [0, 0.05) is 13.2 Å². The minimum absolute atomic E-state index is 0.186. The number of hydrogen-bond donors (Lipinski definition) is 2. The topological polar surface area (TPSA) is 73.6 Å². The van der Waals surface area contributed by atoms with E-state index in [1.165, 1.54) is 0 Å². The number of nitrogens with two attached hydrogens (primary N) is 1. The largest absolute Gasteiger partial charge is 0.381 e. The standard InChI is InChI=1S/C11H22N2O3/c1-3-13-11(2,10(12)14)8-16-9-4-6-15-7-5-9/h9,13H,3-8H2,1-2H3,(H2,12,14). The number of carbonyl (C=O) groups excluding carboxylic acids is 1. The minimum atomic E-state index is -0.771. The molecule has 1 aliphatic rings. The summed E-state index contributed by atoms with van der Waals surface area (Å²) < 4.78 is 11.0. The van der Waals surface area contributed by atoms with E-state index >= 15 is 0 Å². The van der Waals surface area contributed by atoms with E-state index in [-0.39, 0.29) is 12.0 Å². The third-order valence-corrected chi connectivity index (χ3v) is 2.89. The molecule has 1 fully saturated rings. The summed E-state index contributed by atoms with van der Waals surface area (Å²) in [5, 5.41) is 3.07. The number of likely N-dealkylation sites (N-methyl/N-ethyl adjacent to an activating group) is 1. The Bertz CT molecular complexity index is 229. The van der Waals surface area contributed by atoms with E-state index in [1.54, 1.807) is 6.92 Å². The van der Waals surface area contributed by atoms with Gasteiger partial charge in [-0.05, 0) is 26.3 Å². The van der Waals surface area contributed by atoms with E-state index in [0.717, 1.165) is 26.1 Å². The fourth-order valence-corrected chi connectivity index (χ4v) is 1.73. The molecule has 0 radical (unpaired) electrons. The first kappa shape index (κ1) is 13.4. The van der Waals surface area contributed by atoms with Crippen LogP contribution >= 0.6 is 0 Å². The van der Waals surface area contributed by atoms with Crippen LogP contribution in [0.25, 0.3) is 0 Å². The second-order valence-electron chi connectivity index (χ2n) is 4.35. The highest BCUT2D eigenvalue weighted by molar-refractivity contribution is 5.84. The fraction of sp³-hybridized carbons (Fsp3) is 0.909. The Labute approximate surface area is 96.7 Å². The average molecular weight is 230 g/mol. The summed E-state index contributed by atoms with van der Waals surface area (Å²) in [7, 11) is 0. The Hall–Kier alpha value is -0.650. The van der Waals surface area contributed by atoms with Gasteiger partial charge in [-0.25, -0.2) is 0 Å². The summed E-state index contributed by atoms with van der Waals surface area (Å²) in [4.78, 5) is 11.3. The third-order valence-electron chi connectivity index (χ3n) is 2.89. The van der Waals surface area contributed by atoms with E-state index in [9.17, 15) is 4.79 Å². The van der Waals surface area contributed by atoms with Crippen molar-refractivity contribution < 1.29 is 14.3 Å². The molecule has 3 N–H and O–H groups in total. The predicted octanol–water partition coefficient (Wildman–Crippen LogP) is 0.0355. The van der Waals surface area contributed by atoms with Crippen molar-refractivity contribution in [1.82, 2.24) is 5.32 Å². The predicted molar refractivity (Wildman–Crippen MR) is 61.1 cm³/mol. The van der Waals surface area contributed by atoms with Crippen molar-refractivity contribution in [3.63, 3.8) is 0 Å². The third kappa shape index (κ3) is 3.73. The number of ether oxygens (including phenoxy) is 2. The van der Waals surface area contributed by atoms with Crippen molar-refractivity contribution in [1.29, 1.82) is 0 Å². The molecular weight excluding hydrogens is 208 g/mol. The van der Waals surface area contributed by atoms with Crippen molar-refractivity contribution >= 4 is 5.91 Å². The fourth-order valence-electron chi connectivity index (χ4n) is 1.73. The SMILES string of the molecule is CCNC(C)(COC1CCOCC1)C(N)=O. The van der Waals surface area contributed by atoms with Gasteiger partial charge in [-0.3, -0.25) is 4.79 Å². The Morgan fingerprint density at radius 3 is 2.69 bits per heavy atom. The maximum absolute atomic E-state index is 11.3. The van der Waals surface area contributed by atoms with Crippen LogP contribution in [0.15, 0.2) is 0 Å². The Balaban J connectivity index is 2.39. The molecule has 5 nitrogen and oxygen atoms in total. The van der Waals surface area contributed by atoms with E-state index in [0.29, 0.717) is 13.2 Å². The average Bonchev–Trinajstić information content (AvgIpc) is 2.28. The number of rotatable bonds is 6. The van der Waals surface area contributed by atoms with Gasteiger partial charge in [-0.1, -0.05) is 6.92 Å². The first-order valence-electron chi connectivity index (χ1n) is 5.83. The maximum atomic E-state index is 11.3. The van der Waals surface area contributed by atoms with Crippen LogP contribution in [0.3, 0.4) is 0 Å². The summed E-state index contributed by atoms with van der Waals surface area (Å²) in [5.74, 6) is -0.374. The van der Waals surface area contributed by atoms with Gasteiger partial charge in [-0.15, -0.1) is 0 Å².